The number of aromatic nitrogens is 1. The number of hydrogen-bond donors (Lipinski definition) is 0. The van der Waals surface area contributed by atoms with E-state index in [1.54, 1.807) is 0 Å². The molecule has 0 N–H and O–H groups in total. The zero-order chi connectivity index (χ0) is 18.5. The molecule has 0 fully saturated rings. The molecule has 0 bridgehead atoms. The van der Waals surface area contributed by atoms with Crippen molar-refractivity contribution in [3.05, 3.63) is 65.5 Å². The third-order valence-electron chi connectivity index (χ3n) is 5.14. The van der Waals surface area contributed by atoms with Gasteiger partial charge in [0.2, 0.25) is 0 Å². The van der Waals surface area contributed by atoms with Gasteiger partial charge in [0.15, 0.2) is 0 Å². The van der Waals surface area contributed by atoms with Crippen molar-refractivity contribution in [3.63, 3.8) is 0 Å². The molecule has 2 unspecified atom stereocenters. The first-order chi connectivity index (χ1) is 12.6. The van der Waals surface area contributed by atoms with Crippen molar-refractivity contribution >= 4 is 15.1 Å². The van der Waals surface area contributed by atoms with Gasteiger partial charge in [0.25, 0.3) is 0 Å². The number of amidine groups is 1. The summed E-state index contributed by atoms with van der Waals surface area (Å²) in [5.41, 5.74) is 4.90. The van der Waals surface area contributed by atoms with E-state index in [0.717, 1.165) is 42.9 Å². The van der Waals surface area contributed by atoms with Crippen molar-refractivity contribution in [2.45, 2.75) is 38.6 Å². The van der Waals surface area contributed by atoms with Crippen molar-refractivity contribution in [2.24, 2.45) is 4.99 Å². The molecule has 4 nitrogen and oxygen atoms in total. The Morgan fingerprint density at radius 1 is 1.50 bits per heavy atom. The van der Waals surface area contributed by atoms with Crippen molar-refractivity contribution < 1.29 is 0 Å². The average Bonchev–Trinajstić information content (AvgIpc) is 2.82. The first kappa shape index (κ1) is 19.0. The van der Waals surface area contributed by atoms with E-state index in [1.807, 2.05) is 24.4 Å². The van der Waals surface area contributed by atoms with Crippen LogP contribution in [0.2, 0.25) is 0 Å². The third-order valence-corrected chi connectivity index (χ3v) is 5.64. The molecule has 2 heterocycles. The maximum absolute atomic E-state index is 4.90. The highest BCUT2D eigenvalue weighted by Gasteiger charge is 2.25. The van der Waals surface area contributed by atoms with Gasteiger partial charge >= 0.3 is 0 Å². The topological polar surface area (TPSA) is 31.7 Å². The molecule has 0 saturated heterocycles. The lowest BCUT2D eigenvalue weighted by atomic mass is 9.91. The van der Waals surface area contributed by atoms with Crippen molar-refractivity contribution in [2.75, 3.05) is 20.1 Å². The zero-order valence-electron chi connectivity index (χ0n) is 15.9. The fourth-order valence-electron chi connectivity index (χ4n) is 3.84. The van der Waals surface area contributed by atoms with Crippen LogP contribution in [0, 0.1) is 0 Å². The number of nitrogens with zero attached hydrogens (tertiary/aromatic N) is 4. The minimum Gasteiger partial charge on any atom is -0.330 e. The van der Waals surface area contributed by atoms with E-state index in [-0.39, 0.29) is 0 Å². The van der Waals surface area contributed by atoms with Crippen LogP contribution >= 0.6 is 9.24 Å². The summed E-state index contributed by atoms with van der Waals surface area (Å²) in [4.78, 5) is 14.2. The van der Waals surface area contributed by atoms with E-state index in [9.17, 15) is 0 Å². The molecule has 1 aliphatic heterocycles. The van der Waals surface area contributed by atoms with Crippen LogP contribution in [0.1, 0.15) is 43.5 Å². The highest BCUT2D eigenvalue weighted by atomic mass is 31.0. The number of allylic oxidation sites excluding steroid dienone is 2. The Kier molecular flexibility index (Phi) is 6.39. The SMILES string of the molecule is C=C/C=C(/P)N1CCC=C(CN(C)C2CCCc3cccnc32)N=C1C. The Labute approximate surface area is 159 Å². The molecule has 0 radical (unpaired) electrons. The molecule has 2 aliphatic rings. The van der Waals surface area contributed by atoms with Crippen LogP contribution in [0.4, 0.5) is 0 Å². The molecule has 138 valence electrons. The molecule has 0 saturated carbocycles. The summed E-state index contributed by atoms with van der Waals surface area (Å²) >= 11 is 0. The van der Waals surface area contributed by atoms with E-state index in [4.69, 9.17) is 4.99 Å². The summed E-state index contributed by atoms with van der Waals surface area (Å²) in [7, 11) is 4.98. The Morgan fingerprint density at radius 2 is 2.35 bits per heavy atom. The molecule has 0 aromatic carbocycles. The molecule has 2 atom stereocenters. The first-order valence-corrected chi connectivity index (χ1v) is 9.92. The predicted octanol–water partition coefficient (Wildman–Crippen LogP) is 4.30. The number of hydrogen-bond acceptors (Lipinski definition) is 4. The first-order valence-electron chi connectivity index (χ1n) is 9.34. The number of pyridine rings is 1. The number of fused-ring (bicyclic) bond motifs is 1. The number of likely N-dealkylation sites (N-methyl/N-ethyl adjacent to an activating group) is 1. The Morgan fingerprint density at radius 3 is 3.15 bits per heavy atom. The molecule has 1 aromatic heterocycles. The van der Waals surface area contributed by atoms with Gasteiger partial charge in [0, 0.05) is 24.7 Å². The Hall–Kier alpha value is -1.77. The molecule has 3 rings (SSSR count). The quantitative estimate of drug-likeness (QED) is 0.574. The highest BCUT2D eigenvalue weighted by Crippen LogP contribution is 2.32. The average molecular weight is 368 g/mol. The van der Waals surface area contributed by atoms with E-state index in [0.29, 0.717) is 6.04 Å². The summed E-state index contributed by atoms with van der Waals surface area (Å²) in [6.07, 6.45) is 12.5. The van der Waals surface area contributed by atoms with Crippen LogP contribution < -0.4 is 0 Å². The minimum atomic E-state index is 0.383. The van der Waals surface area contributed by atoms with Crippen LogP contribution in [0.15, 0.2) is 59.3 Å². The Bertz CT molecular complexity index is 750. The normalized spacial score (nSPS) is 21.0. The molecule has 26 heavy (non-hydrogen) atoms. The van der Waals surface area contributed by atoms with Crippen LogP contribution in [-0.2, 0) is 6.42 Å². The zero-order valence-corrected chi connectivity index (χ0v) is 17.0. The molecule has 1 aliphatic carbocycles. The largest absolute Gasteiger partial charge is 0.330 e. The summed E-state index contributed by atoms with van der Waals surface area (Å²) in [5, 5.41) is 0. The number of rotatable bonds is 5. The summed E-state index contributed by atoms with van der Waals surface area (Å²) < 4.78 is 0. The van der Waals surface area contributed by atoms with Gasteiger partial charge in [0.05, 0.1) is 17.4 Å². The summed E-state index contributed by atoms with van der Waals surface area (Å²) in [6.45, 7) is 7.66. The maximum Gasteiger partial charge on any atom is 0.106 e. The highest BCUT2D eigenvalue weighted by molar-refractivity contribution is 7.22. The Balaban J connectivity index is 1.74. The van der Waals surface area contributed by atoms with Gasteiger partial charge in [-0.1, -0.05) is 34.0 Å². The second-order valence-corrected chi connectivity index (χ2v) is 7.58. The van der Waals surface area contributed by atoms with Gasteiger partial charge in [0.1, 0.15) is 5.84 Å². The standard InChI is InChI=1S/C21H29N4P/c1-4-8-20(26)25-14-7-11-18(23-16(25)2)15-24(3)19-12-5-9-17-10-6-13-22-21(17)19/h4,6,8,10-11,13,19H,1,5,7,9,12,14-15,26H2,2-3H3/b20-8+. The minimum absolute atomic E-state index is 0.383. The van der Waals surface area contributed by atoms with Crippen molar-refractivity contribution in [1.82, 2.24) is 14.8 Å². The second kappa shape index (κ2) is 8.75. The smallest absolute Gasteiger partial charge is 0.106 e. The van der Waals surface area contributed by atoms with Crippen molar-refractivity contribution in [1.29, 1.82) is 0 Å². The van der Waals surface area contributed by atoms with E-state index in [2.05, 4.69) is 56.7 Å². The van der Waals surface area contributed by atoms with Crippen molar-refractivity contribution in [3.8, 4) is 0 Å². The molecular weight excluding hydrogens is 339 g/mol. The fraction of sp³-hybridized carbons (Fsp3) is 0.429. The fourth-order valence-corrected chi connectivity index (χ4v) is 4.29. The monoisotopic (exact) mass is 368 g/mol. The van der Waals surface area contributed by atoms with Crippen LogP contribution in [-0.4, -0.2) is 40.8 Å². The molecule has 0 amide bonds. The van der Waals surface area contributed by atoms with E-state index in [1.165, 1.54) is 24.1 Å². The lowest BCUT2D eigenvalue weighted by Crippen LogP contribution is -2.30. The summed E-state index contributed by atoms with van der Waals surface area (Å²) in [5.74, 6) is 1.03. The van der Waals surface area contributed by atoms with E-state index >= 15 is 0 Å². The third kappa shape index (κ3) is 4.31. The predicted molar refractivity (Wildman–Crippen MR) is 113 cm³/mol. The molecule has 5 heteroatoms. The lowest BCUT2D eigenvalue weighted by molar-refractivity contribution is 0.232. The van der Waals surface area contributed by atoms with Crippen LogP contribution in [0.25, 0.3) is 0 Å². The lowest BCUT2D eigenvalue weighted by Gasteiger charge is -2.32. The second-order valence-electron chi connectivity index (χ2n) is 6.99. The summed E-state index contributed by atoms with van der Waals surface area (Å²) in [6, 6.07) is 4.66. The van der Waals surface area contributed by atoms with Gasteiger partial charge in [-0.25, -0.2) is 4.99 Å². The van der Waals surface area contributed by atoms with E-state index < -0.39 is 0 Å². The van der Waals surface area contributed by atoms with Gasteiger partial charge in [-0.15, -0.1) is 0 Å². The number of aryl methyl sites for hydroxylation is 1. The van der Waals surface area contributed by atoms with Gasteiger partial charge in [-0.05, 0) is 57.4 Å². The molecule has 0 spiro atoms. The number of aliphatic imine (C=N–C) groups is 1. The maximum atomic E-state index is 4.90. The molecular formula is C21H29N4P. The van der Waals surface area contributed by atoms with Crippen LogP contribution in [0.3, 0.4) is 0 Å². The van der Waals surface area contributed by atoms with Crippen LogP contribution in [0.5, 0.6) is 0 Å². The van der Waals surface area contributed by atoms with Gasteiger partial charge < -0.3 is 4.90 Å². The van der Waals surface area contributed by atoms with Gasteiger partial charge in [-0.2, -0.15) is 0 Å². The van der Waals surface area contributed by atoms with Gasteiger partial charge in [-0.3, -0.25) is 9.88 Å². The molecule has 1 aromatic rings.